The first-order valence-corrected chi connectivity index (χ1v) is 27.8. The van der Waals surface area contributed by atoms with E-state index < -0.39 is 116 Å². The molecule has 24 nitrogen and oxygen atoms in total. The Labute approximate surface area is 345 Å². The van der Waals surface area contributed by atoms with Gasteiger partial charge in [0.05, 0.1) is 25.9 Å². The van der Waals surface area contributed by atoms with Crippen LogP contribution < -0.4 is 22.6 Å². The molecule has 0 saturated carbocycles. The number of rotatable bonds is 6. The molecule has 3 saturated heterocycles. The Morgan fingerprint density at radius 1 is 0.717 bits per heavy atom. The predicted molar refractivity (Wildman–Crippen MR) is 218 cm³/mol. The molecular weight excluding hydrogens is 867 g/mol. The van der Waals surface area contributed by atoms with E-state index in [1.54, 1.807) is 0 Å². The second-order valence-electron chi connectivity index (χ2n) is 18.0. The standard InChI is InChI=1S/C32H52N10O14P2Si2/c1-31(2,3)59(7,8)55-21-19-15(51-27(21)41-13-35-17-23(41)37-29(33)39-25(17)43)11-49-58(47,48)54-20-16(12-50-57(45,46)53-19)52-28(22(20)56-60(9,10)32(4,5)6)42-14-36-18-24(42)38-30(34)40-26(18)44/h13-16,19-22,27-28H,11-12H2,1-10H3,(H,45,46)(H,47,48)(H3,33,37,39,43)(H3,34,38,40,44)/t15-,16-,19+,20+,21?,22?,27-,28-/m1/s1. The van der Waals surface area contributed by atoms with Gasteiger partial charge in [-0.1, -0.05) is 41.5 Å². The molecule has 10 atom stereocenters. The molecule has 8 N–H and O–H groups in total. The van der Waals surface area contributed by atoms with E-state index in [0.29, 0.717) is 0 Å². The molecule has 3 fully saturated rings. The molecule has 60 heavy (non-hydrogen) atoms. The van der Waals surface area contributed by atoms with Gasteiger partial charge in [-0.25, -0.2) is 19.1 Å². The van der Waals surface area contributed by atoms with E-state index in [4.69, 9.17) is 47.9 Å². The van der Waals surface area contributed by atoms with Crippen LogP contribution in [0.1, 0.15) is 54.0 Å². The highest BCUT2D eigenvalue weighted by atomic mass is 31.2. The number of hydrogen-bond acceptors (Lipinski definition) is 18. The van der Waals surface area contributed by atoms with Crippen LogP contribution in [-0.2, 0) is 45.6 Å². The number of phosphoric ester groups is 2. The van der Waals surface area contributed by atoms with Crippen molar-refractivity contribution in [3.8, 4) is 0 Å². The molecule has 4 aromatic heterocycles. The maximum absolute atomic E-state index is 14.1. The van der Waals surface area contributed by atoms with E-state index in [2.05, 4.69) is 29.9 Å². The molecule has 4 unspecified atom stereocenters. The number of nitrogens with two attached hydrogens (primary N) is 2. The Morgan fingerprint density at radius 3 is 1.40 bits per heavy atom. The summed E-state index contributed by atoms with van der Waals surface area (Å²) < 4.78 is 80.4. The van der Waals surface area contributed by atoms with Gasteiger partial charge in [-0.15, -0.1) is 0 Å². The molecule has 7 heterocycles. The number of fused-ring (bicyclic) bond motifs is 4. The lowest BCUT2D eigenvalue weighted by Crippen LogP contribution is -2.50. The molecular formula is C32H52N10O14P2Si2. The molecule has 4 aromatic rings. The summed E-state index contributed by atoms with van der Waals surface area (Å²) in [5, 5.41) is -0.821. The number of imidazole rings is 2. The van der Waals surface area contributed by atoms with Crippen molar-refractivity contribution in [1.29, 1.82) is 0 Å². The zero-order valence-corrected chi connectivity index (χ0v) is 38.5. The van der Waals surface area contributed by atoms with Gasteiger partial charge in [-0.3, -0.25) is 46.8 Å². The molecule has 0 aromatic carbocycles. The van der Waals surface area contributed by atoms with Crippen molar-refractivity contribution in [2.75, 3.05) is 24.7 Å². The van der Waals surface area contributed by atoms with Gasteiger partial charge in [0.2, 0.25) is 11.9 Å². The third kappa shape index (κ3) is 8.47. The molecule has 28 heteroatoms. The Morgan fingerprint density at radius 2 is 1.07 bits per heavy atom. The summed E-state index contributed by atoms with van der Waals surface area (Å²) in [7, 11) is -15.9. The minimum absolute atomic E-state index is 0.00313. The van der Waals surface area contributed by atoms with Crippen LogP contribution in [0.5, 0.6) is 0 Å². The van der Waals surface area contributed by atoms with Gasteiger partial charge in [-0.05, 0) is 36.3 Å². The summed E-state index contributed by atoms with van der Waals surface area (Å²) in [6.07, 6.45) is -8.29. The van der Waals surface area contributed by atoms with E-state index in [1.807, 2.05) is 67.7 Å². The van der Waals surface area contributed by atoms with Gasteiger partial charge in [0, 0.05) is 0 Å². The number of phosphoric acid groups is 2. The third-order valence-electron chi connectivity index (χ3n) is 11.8. The van der Waals surface area contributed by atoms with Crippen molar-refractivity contribution < 1.29 is 55.3 Å². The van der Waals surface area contributed by atoms with Gasteiger partial charge >= 0.3 is 15.6 Å². The zero-order valence-electron chi connectivity index (χ0n) is 34.7. The lowest BCUT2D eigenvalue weighted by molar-refractivity contribution is -0.0663. The van der Waals surface area contributed by atoms with Crippen molar-refractivity contribution in [1.82, 2.24) is 39.0 Å². The maximum Gasteiger partial charge on any atom is 0.472 e. The number of hydrogen-bond donors (Lipinski definition) is 6. The van der Waals surface area contributed by atoms with Crippen molar-refractivity contribution >= 4 is 66.5 Å². The van der Waals surface area contributed by atoms with Crippen LogP contribution in [0, 0.1) is 0 Å². The summed E-state index contributed by atoms with van der Waals surface area (Å²) >= 11 is 0. The fourth-order valence-electron chi connectivity index (χ4n) is 6.63. The number of nitrogens with zero attached hydrogens (tertiary/aromatic N) is 6. The van der Waals surface area contributed by atoms with Crippen LogP contribution in [0.15, 0.2) is 22.2 Å². The minimum atomic E-state index is -5.13. The Hall–Kier alpha value is -3.21. The van der Waals surface area contributed by atoms with E-state index in [9.17, 15) is 28.5 Å². The smallest absolute Gasteiger partial charge is 0.407 e. The fraction of sp³-hybridized carbons (Fsp3) is 0.688. The molecule has 0 spiro atoms. The lowest BCUT2D eigenvalue weighted by Gasteiger charge is -2.41. The quantitative estimate of drug-likeness (QED) is 0.120. The zero-order chi connectivity index (χ0) is 44.1. The van der Waals surface area contributed by atoms with E-state index in [1.165, 1.54) is 21.8 Å². The Bertz CT molecular complexity index is 2330. The maximum atomic E-state index is 14.1. The number of H-pyrrole nitrogens is 2. The fourth-order valence-corrected chi connectivity index (χ4v) is 11.1. The van der Waals surface area contributed by atoms with E-state index in [-0.39, 0.29) is 34.2 Å². The van der Waals surface area contributed by atoms with Crippen molar-refractivity contribution in [3.63, 3.8) is 0 Å². The Balaban J connectivity index is 1.29. The molecule has 0 radical (unpaired) electrons. The Kier molecular flexibility index (Phi) is 11.4. The molecule has 3 aliphatic heterocycles. The summed E-state index contributed by atoms with van der Waals surface area (Å²) in [6, 6.07) is 0. The molecule has 7 rings (SSSR count). The topological polar surface area (TPSA) is 328 Å². The largest absolute Gasteiger partial charge is 0.472 e. The molecule has 0 aliphatic carbocycles. The van der Waals surface area contributed by atoms with Crippen LogP contribution in [-0.4, -0.2) is 115 Å². The van der Waals surface area contributed by atoms with Gasteiger partial charge < -0.3 is 39.6 Å². The highest BCUT2D eigenvalue weighted by molar-refractivity contribution is 7.47. The highest BCUT2D eigenvalue weighted by Crippen LogP contribution is 2.56. The number of ether oxygens (including phenoxy) is 2. The first kappa shape index (κ1) is 44.8. The van der Waals surface area contributed by atoms with Gasteiger partial charge in [-0.2, -0.15) is 9.97 Å². The van der Waals surface area contributed by atoms with Gasteiger partial charge in [0.1, 0.15) is 36.6 Å². The average Bonchev–Trinajstić information content (AvgIpc) is 3.86. The summed E-state index contributed by atoms with van der Waals surface area (Å²) in [4.78, 5) is 70.0. The van der Waals surface area contributed by atoms with Crippen LogP contribution in [0.2, 0.25) is 36.3 Å². The molecule has 0 bridgehead atoms. The summed E-state index contributed by atoms with van der Waals surface area (Å²) in [6.45, 7) is 18.1. The minimum Gasteiger partial charge on any atom is -0.407 e. The van der Waals surface area contributed by atoms with Crippen LogP contribution in [0.3, 0.4) is 0 Å². The normalized spacial score (nSPS) is 32.5. The number of anilines is 2. The predicted octanol–water partition coefficient (Wildman–Crippen LogP) is 3.01. The van der Waals surface area contributed by atoms with Crippen LogP contribution >= 0.6 is 15.6 Å². The second-order valence-corrected chi connectivity index (χ2v) is 30.4. The van der Waals surface area contributed by atoms with Crippen molar-refractivity contribution in [2.24, 2.45) is 0 Å². The number of aromatic amines is 2. The van der Waals surface area contributed by atoms with Crippen molar-refractivity contribution in [2.45, 2.75) is 127 Å². The number of aromatic nitrogens is 8. The lowest BCUT2D eigenvalue weighted by atomic mass is 10.1. The van der Waals surface area contributed by atoms with Gasteiger partial charge in [0.15, 0.2) is 51.4 Å². The molecule has 0 amide bonds. The first-order valence-electron chi connectivity index (χ1n) is 19.0. The van der Waals surface area contributed by atoms with Crippen LogP contribution in [0.25, 0.3) is 22.3 Å². The van der Waals surface area contributed by atoms with Gasteiger partial charge in [0.25, 0.3) is 11.1 Å². The van der Waals surface area contributed by atoms with Crippen molar-refractivity contribution in [3.05, 3.63) is 33.4 Å². The third-order valence-corrected chi connectivity index (χ3v) is 22.7. The number of nitrogen functional groups attached to an aromatic ring is 2. The summed E-state index contributed by atoms with van der Waals surface area (Å²) in [5.74, 6) is -0.430. The molecule has 3 aliphatic rings. The second kappa shape index (κ2) is 15.3. The molecule has 332 valence electrons. The van der Waals surface area contributed by atoms with E-state index >= 15 is 0 Å². The SMILES string of the molecule is CC(C)(C)[Si](C)(C)OC1[C@H]2OP(=O)(O)OC[C@H]3O[C@@H](n4cnc5c(=O)[nH]c(N)nc54)C(O[Si](C)(C)C(C)(C)C)[C@H]3OP(=O)(O)OC[C@H]2O[C@H]1n1cnc2c(=O)[nH]c(N)nc21. The monoisotopic (exact) mass is 918 g/mol. The number of nitrogens with one attached hydrogen (secondary N) is 2. The summed E-state index contributed by atoms with van der Waals surface area (Å²) in [5.41, 5.74) is 10.4. The first-order chi connectivity index (χ1) is 27.6. The average molecular weight is 919 g/mol. The highest BCUT2D eigenvalue weighted by Gasteiger charge is 2.58. The van der Waals surface area contributed by atoms with Crippen LogP contribution in [0.4, 0.5) is 11.9 Å². The van der Waals surface area contributed by atoms with E-state index in [0.717, 1.165) is 0 Å².